The summed E-state index contributed by atoms with van der Waals surface area (Å²) >= 11 is 0. The van der Waals surface area contributed by atoms with Crippen LogP contribution in [0.3, 0.4) is 0 Å². The van der Waals surface area contributed by atoms with Crippen LogP contribution in [0.5, 0.6) is 0 Å². The Morgan fingerprint density at radius 1 is 1.39 bits per heavy atom. The third kappa shape index (κ3) is 4.16. The van der Waals surface area contributed by atoms with E-state index in [1.54, 1.807) is 0 Å². The number of hydrogen-bond acceptors (Lipinski definition) is 2. The molecule has 1 saturated heterocycles. The third-order valence-corrected chi connectivity index (χ3v) is 3.87. The summed E-state index contributed by atoms with van der Waals surface area (Å²) in [5.74, 6) is 0. The van der Waals surface area contributed by atoms with Crippen molar-refractivity contribution in [3.05, 3.63) is 0 Å². The molecule has 2 amide bonds. The molecule has 0 bridgehead atoms. The van der Waals surface area contributed by atoms with Crippen LogP contribution in [0.15, 0.2) is 0 Å². The molecule has 1 N–H and O–H groups in total. The normalized spacial score (nSPS) is 21.4. The molecule has 18 heavy (non-hydrogen) atoms. The highest BCUT2D eigenvalue weighted by atomic mass is 16.2. The van der Waals surface area contributed by atoms with Gasteiger partial charge >= 0.3 is 6.03 Å². The molecule has 4 nitrogen and oxygen atoms in total. The number of hydrogen-bond donors (Lipinski definition) is 1. The summed E-state index contributed by atoms with van der Waals surface area (Å²) in [6.07, 6.45) is 3.28. The molecule has 106 valence electrons. The first-order valence-electron chi connectivity index (χ1n) is 7.41. The maximum Gasteiger partial charge on any atom is 0.317 e. The molecule has 1 rings (SSSR count). The van der Waals surface area contributed by atoms with E-state index in [-0.39, 0.29) is 12.1 Å². The monoisotopic (exact) mass is 255 g/mol. The van der Waals surface area contributed by atoms with Gasteiger partial charge in [-0.05, 0) is 32.9 Å². The van der Waals surface area contributed by atoms with Gasteiger partial charge in [0.05, 0.1) is 0 Å². The second-order valence-corrected chi connectivity index (χ2v) is 5.25. The van der Waals surface area contributed by atoms with Gasteiger partial charge in [0.25, 0.3) is 0 Å². The van der Waals surface area contributed by atoms with Crippen molar-refractivity contribution in [3.63, 3.8) is 0 Å². The Kier molecular flexibility index (Phi) is 6.47. The Bertz CT molecular complexity index is 253. The highest BCUT2D eigenvalue weighted by Gasteiger charge is 2.29. The van der Waals surface area contributed by atoms with Crippen LogP contribution in [-0.2, 0) is 0 Å². The number of likely N-dealkylation sites (N-methyl/N-ethyl adjacent to an activating group) is 1. The molecule has 0 aliphatic carbocycles. The summed E-state index contributed by atoms with van der Waals surface area (Å²) in [4.78, 5) is 16.5. The Labute approximate surface area is 112 Å². The van der Waals surface area contributed by atoms with Crippen LogP contribution in [0.1, 0.15) is 47.0 Å². The molecule has 4 heteroatoms. The van der Waals surface area contributed by atoms with Crippen molar-refractivity contribution in [2.45, 2.75) is 59.0 Å². The minimum Gasteiger partial charge on any atom is -0.336 e. The number of rotatable bonds is 6. The number of nitrogens with one attached hydrogen (secondary N) is 1. The fraction of sp³-hybridized carbons (Fsp3) is 0.929. The predicted octanol–water partition coefficient (Wildman–Crippen LogP) is 2.30. The van der Waals surface area contributed by atoms with Crippen LogP contribution in [-0.4, -0.2) is 54.1 Å². The molecule has 0 saturated carbocycles. The quantitative estimate of drug-likeness (QED) is 0.790. The van der Waals surface area contributed by atoms with Crippen molar-refractivity contribution in [1.29, 1.82) is 0 Å². The zero-order valence-electron chi connectivity index (χ0n) is 12.4. The first kappa shape index (κ1) is 15.3. The van der Waals surface area contributed by atoms with Crippen molar-refractivity contribution < 1.29 is 4.79 Å². The van der Waals surface area contributed by atoms with E-state index >= 15 is 0 Å². The minimum atomic E-state index is 0.116. The Morgan fingerprint density at radius 2 is 2.06 bits per heavy atom. The molecule has 0 aromatic carbocycles. The lowest BCUT2D eigenvalue weighted by atomic mass is 10.2. The van der Waals surface area contributed by atoms with Gasteiger partial charge in [0.1, 0.15) is 0 Å². The van der Waals surface area contributed by atoms with Crippen molar-refractivity contribution >= 4 is 6.03 Å². The Morgan fingerprint density at radius 3 is 2.61 bits per heavy atom. The summed E-state index contributed by atoms with van der Waals surface area (Å²) in [5.41, 5.74) is 0. The van der Waals surface area contributed by atoms with E-state index in [9.17, 15) is 4.79 Å². The van der Waals surface area contributed by atoms with E-state index in [4.69, 9.17) is 0 Å². The third-order valence-electron chi connectivity index (χ3n) is 3.87. The van der Waals surface area contributed by atoms with Crippen LogP contribution in [0.2, 0.25) is 0 Å². The van der Waals surface area contributed by atoms with Gasteiger partial charge in [0.15, 0.2) is 0 Å². The number of carbonyl (C=O) groups excluding carboxylic acids is 1. The Hall–Kier alpha value is -0.770. The van der Waals surface area contributed by atoms with Crippen LogP contribution < -0.4 is 5.32 Å². The number of nitrogens with zero attached hydrogens (tertiary/aromatic N) is 2. The Balaban J connectivity index is 2.38. The van der Waals surface area contributed by atoms with Gasteiger partial charge in [-0.1, -0.05) is 27.2 Å². The van der Waals surface area contributed by atoms with Crippen LogP contribution in [0, 0.1) is 0 Å². The molecule has 2 atom stereocenters. The van der Waals surface area contributed by atoms with Crippen LogP contribution in [0.4, 0.5) is 4.79 Å². The van der Waals surface area contributed by atoms with Gasteiger partial charge in [0.2, 0.25) is 0 Å². The van der Waals surface area contributed by atoms with Crippen LogP contribution >= 0.6 is 0 Å². The summed E-state index contributed by atoms with van der Waals surface area (Å²) in [5, 5.41) is 3.09. The molecule has 0 radical (unpaired) electrons. The van der Waals surface area contributed by atoms with Gasteiger partial charge in [-0.15, -0.1) is 0 Å². The molecule has 0 aromatic heterocycles. The van der Waals surface area contributed by atoms with E-state index in [1.165, 1.54) is 0 Å². The average Bonchev–Trinajstić information content (AvgIpc) is 2.80. The molecular weight excluding hydrogens is 226 g/mol. The number of carbonyl (C=O) groups is 1. The minimum absolute atomic E-state index is 0.116. The first-order chi connectivity index (χ1) is 8.62. The van der Waals surface area contributed by atoms with E-state index in [0.29, 0.717) is 6.04 Å². The number of likely N-dealkylation sites (tertiary alicyclic amines) is 1. The van der Waals surface area contributed by atoms with Crippen molar-refractivity contribution in [2.75, 3.05) is 26.2 Å². The zero-order chi connectivity index (χ0) is 13.5. The lowest BCUT2D eigenvalue weighted by Gasteiger charge is -2.26. The molecule has 1 aliphatic rings. The highest BCUT2D eigenvalue weighted by Crippen LogP contribution is 2.15. The molecule has 1 aliphatic heterocycles. The lowest BCUT2D eigenvalue weighted by molar-refractivity contribution is 0.190. The van der Waals surface area contributed by atoms with E-state index in [0.717, 1.165) is 45.4 Å². The van der Waals surface area contributed by atoms with Gasteiger partial charge in [-0.3, -0.25) is 4.90 Å². The lowest BCUT2D eigenvalue weighted by Crippen LogP contribution is -2.44. The van der Waals surface area contributed by atoms with E-state index < -0.39 is 0 Å². The molecule has 0 unspecified atom stereocenters. The largest absolute Gasteiger partial charge is 0.336 e. The average molecular weight is 255 g/mol. The fourth-order valence-electron chi connectivity index (χ4n) is 2.77. The summed E-state index contributed by atoms with van der Waals surface area (Å²) < 4.78 is 0. The molecule has 0 aromatic rings. The maximum atomic E-state index is 12.1. The highest BCUT2D eigenvalue weighted by molar-refractivity contribution is 5.74. The van der Waals surface area contributed by atoms with Gasteiger partial charge in [-0.25, -0.2) is 4.79 Å². The second-order valence-electron chi connectivity index (χ2n) is 5.25. The summed E-state index contributed by atoms with van der Waals surface area (Å²) in [6, 6.07) is 0.952. The fourth-order valence-corrected chi connectivity index (χ4v) is 2.77. The standard InChI is InChI=1S/C14H29N3O/c1-5-8-12(4)15-14(18)17-10-9-13(11-17)16(6-2)7-3/h12-13H,5-11H2,1-4H3,(H,15,18)/t12-,13+/m1/s1. The van der Waals surface area contributed by atoms with Crippen LogP contribution in [0.25, 0.3) is 0 Å². The summed E-state index contributed by atoms with van der Waals surface area (Å²) in [7, 11) is 0. The zero-order valence-corrected chi connectivity index (χ0v) is 12.4. The molecule has 1 heterocycles. The van der Waals surface area contributed by atoms with Crippen molar-refractivity contribution in [1.82, 2.24) is 15.1 Å². The topological polar surface area (TPSA) is 35.6 Å². The first-order valence-corrected chi connectivity index (χ1v) is 7.41. The molecule has 0 spiro atoms. The number of amides is 2. The van der Waals surface area contributed by atoms with E-state index in [1.807, 2.05) is 4.90 Å². The number of urea groups is 1. The van der Waals surface area contributed by atoms with Gasteiger partial charge < -0.3 is 10.2 Å². The smallest absolute Gasteiger partial charge is 0.317 e. The van der Waals surface area contributed by atoms with Gasteiger partial charge in [0, 0.05) is 25.2 Å². The van der Waals surface area contributed by atoms with Gasteiger partial charge in [-0.2, -0.15) is 0 Å². The van der Waals surface area contributed by atoms with Crippen molar-refractivity contribution in [2.24, 2.45) is 0 Å². The van der Waals surface area contributed by atoms with E-state index in [2.05, 4.69) is 37.9 Å². The second kappa shape index (κ2) is 7.62. The molecular formula is C14H29N3O. The maximum absolute atomic E-state index is 12.1. The van der Waals surface area contributed by atoms with Crippen molar-refractivity contribution in [3.8, 4) is 0 Å². The SMILES string of the molecule is CCC[C@@H](C)NC(=O)N1CC[C@H](N(CC)CC)C1. The predicted molar refractivity (Wildman–Crippen MR) is 75.8 cm³/mol. The summed E-state index contributed by atoms with van der Waals surface area (Å²) in [6.45, 7) is 12.5. The molecule has 1 fully saturated rings.